The number of rotatable bonds is 5. The van der Waals surface area contributed by atoms with Crippen LogP contribution in [0.3, 0.4) is 0 Å². The lowest BCUT2D eigenvalue weighted by Gasteiger charge is -2.09. The van der Waals surface area contributed by atoms with Gasteiger partial charge in [-0.25, -0.2) is 4.39 Å². The van der Waals surface area contributed by atoms with E-state index in [-0.39, 0.29) is 6.54 Å². The van der Waals surface area contributed by atoms with E-state index in [0.29, 0.717) is 23.9 Å². The number of hydrogen-bond donors (Lipinski definition) is 1. The van der Waals surface area contributed by atoms with Gasteiger partial charge in [-0.05, 0) is 0 Å². The number of nitrogens with zero attached hydrogens (tertiary/aromatic N) is 2. The average molecular weight is 222 g/mol. The molecule has 0 spiro atoms. The molecule has 4 nitrogen and oxygen atoms in total. The van der Waals surface area contributed by atoms with Crippen LogP contribution in [0.2, 0.25) is 5.02 Å². The third kappa shape index (κ3) is 2.43. The molecule has 1 heterocycles. The van der Waals surface area contributed by atoms with Crippen LogP contribution in [0, 0.1) is 0 Å². The molecule has 0 aromatic carbocycles. The monoisotopic (exact) mass is 221 g/mol. The smallest absolute Gasteiger partial charge is 0.155 e. The van der Waals surface area contributed by atoms with Crippen LogP contribution in [0.15, 0.2) is 6.20 Å². The lowest BCUT2D eigenvalue weighted by atomic mass is 10.3. The summed E-state index contributed by atoms with van der Waals surface area (Å²) in [7, 11) is 1.57. The number of methoxy groups -OCH3 is 1. The second-order valence-corrected chi connectivity index (χ2v) is 3.20. The Bertz CT molecular complexity index is 292. The summed E-state index contributed by atoms with van der Waals surface area (Å²) in [6.45, 7) is 0.833. The maximum atomic E-state index is 13.3. The van der Waals surface area contributed by atoms with E-state index in [4.69, 9.17) is 22.1 Å². The number of nitrogens with two attached hydrogens (primary N) is 1. The molecule has 0 saturated carbocycles. The maximum absolute atomic E-state index is 13.3. The Hall–Kier alpha value is -0.650. The van der Waals surface area contributed by atoms with E-state index in [2.05, 4.69) is 5.10 Å². The Morgan fingerprint density at radius 2 is 2.50 bits per heavy atom. The summed E-state index contributed by atoms with van der Waals surface area (Å²) in [4.78, 5) is 0. The number of aromatic nitrogens is 2. The molecule has 2 N–H and O–H groups in total. The van der Waals surface area contributed by atoms with Crippen LogP contribution >= 0.6 is 11.6 Å². The highest BCUT2D eigenvalue weighted by atomic mass is 35.5. The summed E-state index contributed by atoms with van der Waals surface area (Å²) in [5.41, 5.74) is 5.55. The third-order valence-corrected chi connectivity index (χ3v) is 2.14. The van der Waals surface area contributed by atoms with E-state index < -0.39 is 6.17 Å². The van der Waals surface area contributed by atoms with Gasteiger partial charge in [-0.3, -0.25) is 4.68 Å². The van der Waals surface area contributed by atoms with E-state index in [0.717, 1.165) is 0 Å². The lowest BCUT2D eigenvalue weighted by Crippen LogP contribution is -2.16. The van der Waals surface area contributed by atoms with Gasteiger partial charge in [0.2, 0.25) is 0 Å². The predicted molar refractivity (Wildman–Crippen MR) is 52.0 cm³/mol. The van der Waals surface area contributed by atoms with Gasteiger partial charge in [-0.2, -0.15) is 5.10 Å². The van der Waals surface area contributed by atoms with Gasteiger partial charge in [0.15, 0.2) is 6.17 Å². The molecule has 0 aliphatic rings. The quantitative estimate of drug-likeness (QED) is 0.812. The van der Waals surface area contributed by atoms with Gasteiger partial charge in [-0.1, -0.05) is 11.6 Å². The fourth-order valence-electron chi connectivity index (χ4n) is 1.15. The molecule has 0 saturated heterocycles. The highest BCUT2D eigenvalue weighted by Gasteiger charge is 2.17. The fraction of sp³-hybridized carbons (Fsp3) is 0.625. The van der Waals surface area contributed by atoms with Crippen molar-refractivity contribution >= 4 is 11.6 Å². The highest BCUT2D eigenvalue weighted by molar-refractivity contribution is 6.31. The van der Waals surface area contributed by atoms with Crippen LogP contribution in [-0.2, 0) is 11.3 Å². The average Bonchev–Trinajstić information content (AvgIpc) is 2.55. The van der Waals surface area contributed by atoms with Crippen LogP contribution < -0.4 is 5.73 Å². The lowest BCUT2D eigenvalue weighted by molar-refractivity contribution is 0.179. The first-order chi connectivity index (χ1) is 6.70. The molecule has 0 fully saturated rings. The van der Waals surface area contributed by atoms with Crippen LogP contribution in [0.1, 0.15) is 11.9 Å². The first kappa shape index (κ1) is 11.4. The Kier molecular flexibility index (Phi) is 4.31. The summed E-state index contributed by atoms with van der Waals surface area (Å²) in [5.74, 6) is 0. The number of ether oxygens (including phenoxy) is 1. The largest absolute Gasteiger partial charge is 0.383 e. The molecule has 80 valence electrons. The SMILES string of the molecule is COCCn1ncc(Cl)c1C(F)CN. The summed E-state index contributed by atoms with van der Waals surface area (Å²) < 4.78 is 19.7. The van der Waals surface area contributed by atoms with Gasteiger partial charge in [-0.15, -0.1) is 0 Å². The molecule has 1 atom stereocenters. The summed E-state index contributed by atoms with van der Waals surface area (Å²) >= 11 is 5.78. The van der Waals surface area contributed by atoms with Gasteiger partial charge in [0.1, 0.15) is 0 Å². The zero-order valence-electron chi connectivity index (χ0n) is 7.91. The maximum Gasteiger partial charge on any atom is 0.155 e. The fourth-order valence-corrected chi connectivity index (χ4v) is 1.41. The first-order valence-electron chi connectivity index (χ1n) is 4.25. The van der Waals surface area contributed by atoms with Gasteiger partial charge in [0.05, 0.1) is 30.1 Å². The van der Waals surface area contributed by atoms with Gasteiger partial charge < -0.3 is 10.5 Å². The van der Waals surface area contributed by atoms with Crippen molar-refractivity contribution in [2.45, 2.75) is 12.7 Å². The van der Waals surface area contributed by atoms with Crippen molar-refractivity contribution < 1.29 is 9.13 Å². The molecule has 1 aromatic heterocycles. The molecule has 1 rings (SSSR count). The molecule has 0 aliphatic heterocycles. The molecule has 0 radical (unpaired) electrons. The zero-order chi connectivity index (χ0) is 10.6. The van der Waals surface area contributed by atoms with E-state index in [1.54, 1.807) is 7.11 Å². The van der Waals surface area contributed by atoms with Gasteiger partial charge in [0, 0.05) is 13.7 Å². The Morgan fingerprint density at radius 3 is 3.07 bits per heavy atom. The molecule has 1 aromatic rings. The number of hydrogen-bond acceptors (Lipinski definition) is 3. The van der Waals surface area contributed by atoms with Crippen molar-refractivity contribution in [3.05, 3.63) is 16.9 Å². The molecule has 0 bridgehead atoms. The topological polar surface area (TPSA) is 53.1 Å². The standard InChI is InChI=1S/C8H13ClFN3O/c1-14-3-2-13-8(7(10)4-11)6(9)5-12-13/h5,7H,2-4,11H2,1H3. The molecule has 0 aliphatic carbocycles. The van der Waals surface area contributed by atoms with Crippen molar-refractivity contribution in [2.24, 2.45) is 5.73 Å². The van der Waals surface area contributed by atoms with Crippen molar-refractivity contribution in [3.8, 4) is 0 Å². The Balaban J connectivity index is 2.82. The number of alkyl halides is 1. The highest BCUT2D eigenvalue weighted by Crippen LogP contribution is 2.24. The third-order valence-electron chi connectivity index (χ3n) is 1.84. The van der Waals surface area contributed by atoms with Crippen LogP contribution in [0.4, 0.5) is 4.39 Å². The molecule has 1 unspecified atom stereocenters. The van der Waals surface area contributed by atoms with Crippen molar-refractivity contribution in [3.63, 3.8) is 0 Å². The molecule has 14 heavy (non-hydrogen) atoms. The second kappa shape index (κ2) is 5.29. The summed E-state index contributed by atoms with van der Waals surface area (Å²) in [5, 5.41) is 4.24. The molecule has 0 amide bonds. The van der Waals surface area contributed by atoms with Gasteiger partial charge in [0.25, 0.3) is 0 Å². The second-order valence-electron chi connectivity index (χ2n) is 2.80. The van der Waals surface area contributed by atoms with Crippen molar-refractivity contribution in [1.82, 2.24) is 9.78 Å². The van der Waals surface area contributed by atoms with Crippen molar-refractivity contribution in [2.75, 3.05) is 20.3 Å². The first-order valence-corrected chi connectivity index (χ1v) is 4.62. The minimum atomic E-state index is -1.28. The Morgan fingerprint density at radius 1 is 1.79 bits per heavy atom. The normalized spacial score (nSPS) is 13.1. The van der Waals surface area contributed by atoms with Gasteiger partial charge >= 0.3 is 0 Å². The van der Waals surface area contributed by atoms with E-state index in [9.17, 15) is 4.39 Å². The minimum absolute atomic E-state index is 0.0988. The van der Waals surface area contributed by atoms with E-state index in [1.165, 1.54) is 10.9 Å². The van der Waals surface area contributed by atoms with E-state index in [1.807, 2.05) is 0 Å². The molecular formula is C8H13ClFN3O. The summed E-state index contributed by atoms with van der Waals surface area (Å²) in [6, 6.07) is 0. The van der Waals surface area contributed by atoms with Crippen LogP contribution in [0.5, 0.6) is 0 Å². The van der Waals surface area contributed by atoms with Crippen LogP contribution in [-0.4, -0.2) is 30.0 Å². The Labute approximate surface area is 86.8 Å². The number of halogens is 2. The van der Waals surface area contributed by atoms with Crippen LogP contribution in [0.25, 0.3) is 0 Å². The summed E-state index contributed by atoms with van der Waals surface area (Å²) in [6.07, 6.45) is 0.135. The minimum Gasteiger partial charge on any atom is -0.383 e. The van der Waals surface area contributed by atoms with E-state index >= 15 is 0 Å². The zero-order valence-corrected chi connectivity index (χ0v) is 8.67. The molecular weight excluding hydrogens is 209 g/mol. The van der Waals surface area contributed by atoms with Crippen molar-refractivity contribution in [1.29, 1.82) is 0 Å². The predicted octanol–water partition coefficient (Wildman–Crippen LogP) is 1.15. The molecule has 6 heteroatoms.